The molecule has 17 heavy (non-hydrogen) atoms. The van der Waals surface area contributed by atoms with E-state index in [1.807, 2.05) is 37.3 Å². The first-order valence-corrected chi connectivity index (χ1v) is 5.77. The Bertz CT molecular complexity index is 327. The van der Waals surface area contributed by atoms with Gasteiger partial charge in [-0.1, -0.05) is 25.1 Å². The Morgan fingerprint density at radius 1 is 1.35 bits per heavy atom. The Balaban J connectivity index is 2.46. The van der Waals surface area contributed by atoms with Crippen LogP contribution >= 0.6 is 0 Å². The molecule has 0 amide bonds. The number of benzene rings is 1. The number of rotatable bonds is 7. The van der Waals surface area contributed by atoms with Gasteiger partial charge in [-0.3, -0.25) is 4.79 Å². The van der Waals surface area contributed by atoms with E-state index in [4.69, 9.17) is 9.47 Å². The summed E-state index contributed by atoms with van der Waals surface area (Å²) in [5, 5.41) is 3.09. The fourth-order valence-electron chi connectivity index (χ4n) is 1.37. The summed E-state index contributed by atoms with van der Waals surface area (Å²) in [4.78, 5) is 11.5. The summed E-state index contributed by atoms with van der Waals surface area (Å²) < 4.78 is 10.2. The fourth-order valence-corrected chi connectivity index (χ4v) is 1.37. The van der Waals surface area contributed by atoms with E-state index in [0.717, 1.165) is 18.7 Å². The number of para-hydroxylation sites is 1. The molecule has 1 atom stereocenters. The predicted molar refractivity (Wildman–Crippen MR) is 66.0 cm³/mol. The molecule has 0 heterocycles. The normalized spacial score (nSPS) is 11.9. The van der Waals surface area contributed by atoms with E-state index in [1.54, 1.807) is 0 Å². The molecule has 0 radical (unpaired) electrons. The maximum Gasteiger partial charge on any atom is 0.326 e. The van der Waals surface area contributed by atoms with Gasteiger partial charge in [0.2, 0.25) is 0 Å². The number of nitrogens with one attached hydrogen (secondary N) is 1. The minimum Gasteiger partial charge on any atom is -0.491 e. The summed E-state index contributed by atoms with van der Waals surface area (Å²) in [6, 6.07) is 8.99. The highest BCUT2D eigenvalue weighted by Gasteiger charge is 2.18. The summed E-state index contributed by atoms with van der Waals surface area (Å²) >= 11 is 0. The number of esters is 1. The highest BCUT2D eigenvalue weighted by atomic mass is 16.5. The SMILES string of the molecule is CCCNC(COc1ccccc1)C(=O)OC. The molecule has 0 aliphatic rings. The maximum atomic E-state index is 11.5. The molecule has 4 nitrogen and oxygen atoms in total. The Morgan fingerprint density at radius 3 is 2.65 bits per heavy atom. The molecular weight excluding hydrogens is 218 g/mol. The first-order chi connectivity index (χ1) is 8.27. The average Bonchev–Trinajstić information content (AvgIpc) is 2.39. The zero-order chi connectivity index (χ0) is 12.5. The van der Waals surface area contributed by atoms with Crippen LogP contribution in [0.15, 0.2) is 30.3 Å². The van der Waals surface area contributed by atoms with Gasteiger partial charge in [-0.15, -0.1) is 0 Å². The second-order valence-corrected chi connectivity index (χ2v) is 3.65. The van der Waals surface area contributed by atoms with Crippen LogP contribution in [0.5, 0.6) is 5.75 Å². The third kappa shape index (κ3) is 4.87. The summed E-state index contributed by atoms with van der Waals surface area (Å²) in [5.74, 6) is 0.453. The Hall–Kier alpha value is -1.55. The van der Waals surface area contributed by atoms with E-state index < -0.39 is 6.04 Å². The van der Waals surface area contributed by atoms with E-state index in [0.29, 0.717) is 0 Å². The van der Waals surface area contributed by atoms with Crippen LogP contribution in [-0.2, 0) is 9.53 Å². The van der Waals surface area contributed by atoms with Crippen molar-refractivity contribution >= 4 is 5.97 Å². The quantitative estimate of drug-likeness (QED) is 0.732. The zero-order valence-electron chi connectivity index (χ0n) is 10.3. The zero-order valence-corrected chi connectivity index (χ0v) is 10.3. The van der Waals surface area contributed by atoms with Gasteiger partial charge in [0.25, 0.3) is 0 Å². The van der Waals surface area contributed by atoms with E-state index in [9.17, 15) is 4.79 Å². The second-order valence-electron chi connectivity index (χ2n) is 3.65. The topological polar surface area (TPSA) is 47.6 Å². The van der Waals surface area contributed by atoms with Crippen molar-refractivity contribution in [2.75, 3.05) is 20.3 Å². The van der Waals surface area contributed by atoms with Gasteiger partial charge in [-0.05, 0) is 25.1 Å². The summed E-state index contributed by atoms with van der Waals surface area (Å²) in [6.07, 6.45) is 0.957. The van der Waals surface area contributed by atoms with Gasteiger partial charge in [0.1, 0.15) is 18.4 Å². The first kappa shape index (κ1) is 13.5. The predicted octanol–water partition coefficient (Wildman–Crippen LogP) is 1.61. The van der Waals surface area contributed by atoms with Crippen molar-refractivity contribution in [3.63, 3.8) is 0 Å². The van der Waals surface area contributed by atoms with Crippen molar-refractivity contribution in [1.82, 2.24) is 5.32 Å². The third-order valence-corrected chi connectivity index (χ3v) is 2.29. The maximum absolute atomic E-state index is 11.5. The Morgan fingerprint density at radius 2 is 2.06 bits per heavy atom. The van der Waals surface area contributed by atoms with Crippen molar-refractivity contribution in [1.29, 1.82) is 0 Å². The molecule has 0 spiro atoms. The molecule has 94 valence electrons. The van der Waals surface area contributed by atoms with Gasteiger partial charge in [0.05, 0.1) is 7.11 Å². The lowest BCUT2D eigenvalue weighted by atomic mass is 10.3. The second kappa shape index (κ2) is 7.68. The molecule has 0 aromatic heterocycles. The number of carbonyl (C=O) groups is 1. The van der Waals surface area contributed by atoms with Crippen LogP contribution in [0.3, 0.4) is 0 Å². The van der Waals surface area contributed by atoms with E-state index in [2.05, 4.69) is 5.32 Å². The van der Waals surface area contributed by atoms with Crippen LogP contribution in [0.25, 0.3) is 0 Å². The molecular formula is C13H19NO3. The molecule has 0 saturated carbocycles. The molecule has 0 bridgehead atoms. The van der Waals surface area contributed by atoms with E-state index >= 15 is 0 Å². The number of methoxy groups -OCH3 is 1. The Labute approximate surface area is 102 Å². The average molecular weight is 237 g/mol. The van der Waals surface area contributed by atoms with Crippen molar-refractivity contribution in [2.45, 2.75) is 19.4 Å². The van der Waals surface area contributed by atoms with Gasteiger partial charge in [0.15, 0.2) is 0 Å². The van der Waals surface area contributed by atoms with Gasteiger partial charge in [-0.2, -0.15) is 0 Å². The van der Waals surface area contributed by atoms with Gasteiger partial charge in [-0.25, -0.2) is 0 Å². The molecule has 1 N–H and O–H groups in total. The lowest BCUT2D eigenvalue weighted by molar-refractivity contribution is -0.143. The summed E-state index contributed by atoms with van der Waals surface area (Å²) in [6.45, 7) is 3.08. The van der Waals surface area contributed by atoms with E-state index in [-0.39, 0.29) is 12.6 Å². The minimum atomic E-state index is -0.417. The molecule has 0 aliphatic carbocycles. The Kier molecular flexibility index (Phi) is 6.10. The summed E-state index contributed by atoms with van der Waals surface area (Å²) in [5.41, 5.74) is 0. The molecule has 0 aliphatic heterocycles. The van der Waals surface area contributed by atoms with Crippen LogP contribution in [-0.4, -0.2) is 32.3 Å². The minimum absolute atomic E-state index is 0.274. The van der Waals surface area contributed by atoms with Gasteiger partial charge >= 0.3 is 5.97 Å². The van der Waals surface area contributed by atoms with Crippen LogP contribution in [0.4, 0.5) is 0 Å². The van der Waals surface area contributed by atoms with Crippen molar-refractivity contribution in [2.24, 2.45) is 0 Å². The number of carbonyl (C=O) groups excluding carboxylic acids is 1. The monoisotopic (exact) mass is 237 g/mol. The number of hydrogen-bond acceptors (Lipinski definition) is 4. The number of ether oxygens (including phenoxy) is 2. The molecule has 1 rings (SSSR count). The molecule has 0 saturated heterocycles. The van der Waals surface area contributed by atoms with Crippen molar-refractivity contribution in [3.8, 4) is 5.75 Å². The smallest absolute Gasteiger partial charge is 0.326 e. The molecule has 0 fully saturated rings. The molecule has 1 unspecified atom stereocenters. The molecule has 4 heteroatoms. The number of hydrogen-bond donors (Lipinski definition) is 1. The van der Waals surface area contributed by atoms with E-state index in [1.165, 1.54) is 7.11 Å². The highest BCUT2D eigenvalue weighted by Crippen LogP contribution is 2.08. The largest absolute Gasteiger partial charge is 0.491 e. The van der Waals surface area contributed by atoms with Gasteiger partial charge in [0, 0.05) is 0 Å². The lowest BCUT2D eigenvalue weighted by Crippen LogP contribution is -2.42. The highest BCUT2D eigenvalue weighted by molar-refractivity contribution is 5.75. The summed E-state index contributed by atoms with van der Waals surface area (Å²) in [7, 11) is 1.38. The van der Waals surface area contributed by atoms with Crippen LogP contribution in [0, 0.1) is 0 Å². The first-order valence-electron chi connectivity index (χ1n) is 5.77. The standard InChI is InChI=1S/C13H19NO3/c1-3-9-14-12(13(15)16-2)10-17-11-7-5-4-6-8-11/h4-8,12,14H,3,9-10H2,1-2H3. The van der Waals surface area contributed by atoms with Crippen molar-refractivity contribution in [3.05, 3.63) is 30.3 Å². The van der Waals surface area contributed by atoms with Crippen LogP contribution < -0.4 is 10.1 Å². The van der Waals surface area contributed by atoms with Crippen LogP contribution in [0.1, 0.15) is 13.3 Å². The fraction of sp³-hybridized carbons (Fsp3) is 0.462. The van der Waals surface area contributed by atoms with Gasteiger partial charge < -0.3 is 14.8 Å². The van der Waals surface area contributed by atoms with Crippen molar-refractivity contribution < 1.29 is 14.3 Å². The van der Waals surface area contributed by atoms with Crippen LogP contribution in [0.2, 0.25) is 0 Å². The molecule has 1 aromatic rings. The lowest BCUT2D eigenvalue weighted by Gasteiger charge is -2.16. The third-order valence-electron chi connectivity index (χ3n) is 2.29. The molecule has 1 aromatic carbocycles.